The lowest BCUT2D eigenvalue weighted by Crippen LogP contribution is -2.50. The van der Waals surface area contributed by atoms with Crippen LogP contribution in [0.15, 0.2) is 41.5 Å². The summed E-state index contributed by atoms with van der Waals surface area (Å²) in [5.74, 6) is -0.251. The first kappa shape index (κ1) is 29.0. The zero-order chi connectivity index (χ0) is 29.1. The number of amides is 3. The van der Waals surface area contributed by atoms with E-state index in [1.165, 1.54) is 24.6 Å². The molecule has 2 bridgehead atoms. The van der Waals surface area contributed by atoms with Crippen molar-refractivity contribution in [1.29, 1.82) is 0 Å². The number of aliphatic imine (C=N–C) groups is 1. The zero-order valence-corrected chi connectivity index (χ0v) is 24.0. The second-order valence-electron chi connectivity index (χ2n) is 11.4. The van der Waals surface area contributed by atoms with Gasteiger partial charge in [-0.15, -0.1) is 0 Å². The van der Waals surface area contributed by atoms with Crippen molar-refractivity contribution in [2.75, 3.05) is 16.9 Å². The molecule has 0 spiro atoms. The van der Waals surface area contributed by atoms with Crippen molar-refractivity contribution >= 4 is 46.0 Å². The van der Waals surface area contributed by atoms with Crippen LogP contribution in [-0.2, 0) is 0 Å². The Balaban J connectivity index is 1.21. The number of benzene rings is 1. The molecule has 1 aromatic heterocycles. The second-order valence-corrected chi connectivity index (χ2v) is 13.7. The van der Waals surface area contributed by atoms with E-state index < -0.39 is 16.5 Å². The van der Waals surface area contributed by atoms with Crippen molar-refractivity contribution in [2.24, 2.45) is 10.7 Å². The molecule has 1 aromatic carbocycles. The van der Waals surface area contributed by atoms with Crippen LogP contribution in [0.4, 0.5) is 11.5 Å². The Hall–Kier alpha value is -3.48. The molecule has 41 heavy (non-hydrogen) atoms. The minimum absolute atomic E-state index is 0.0245. The van der Waals surface area contributed by atoms with Gasteiger partial charge in [0.15, 0.2) is 0 Å². The van der Waals surface area contributed by atoms with Crippen molar-refractivity contribution < 1.29 is 23.5 Å². The first-order valence-electron chi connectivity index (χ1n) is 14.1. The maximum Gasteiger partial charge on any atom is 0.253 e. The fraction of sp³-hybridized carbons (Fsp3) is 0.483. The van der Waals surface area contributed by atoms with Crippen LogP contribution in [0.5, 0.6) is 0 Å². The fourth-order valence-corrected chi connectivity index (χ4v) is 6.57. The van der Waals surface area contributed by atoms with Gasteiger partial charge in [-0.05, 0) is 68.9 Å². The predicted octanol–water partition coefficient (Wildman–Crippen LogP) is 3.87. The van der Waals surface area contributed by atoms with Crippen molar-refractivity contribution in [3.8, 4) is 0 Å². The van der Waals surface area contributed by atoms with Gasteiger partial charge in [-0.25, -0.2) is 4.98 Å². The molecule has 2 aromatic rings. The Morgan fingerprint density at radius 1 is 1.00 bits per heavy atom. The number of piperidine rings is 1. The average molecular weight is 583 g/mol. The third-order valence-electron chi connectivity index (χ3n) is 8.18. The molecule has 1 saturated carbocycles. The summed E-state index contributed by atoms with van der Waals surface area (Å²) in [5.41, 5.74) is 6.73. The number of carbonyl (C=O) groups excluding carboxylic acids is 3. The van der Waals surface area contributed by atoms with Crippen LogP contribution < -0.4 is 21.3 Å². The molecule has 12 heteroatoms. The highest BCUT2D eigenvalue weighted by Crippen LogP contribution is 2.39. The molecule has 3 heterocycles. The van der Waals surface area contributed by atoms with Gasteiger partial charge in [0.1, 0.15) is 5.82 Å². The SMILES string of the molecule is CS(O)(O)CC=Nc1cc(C(=O)NC2CC3CCC(C2)N3c2ccc(C(=O)NC3CCCC3)cn2)ccc1C(N)=O. The molecule has 3 fully saturated rings. The van der Waals surface area contributed by atoms with Crippen LogP contribution in [0.25, 0.3) is 0 Å². The number of nitrogens with two attached hydrogens (primary N) is 1. The number of hydrogen-bond donors (Lipinski definition) is 5. The molecular weight excluding hydrogens is 544 g/mol. The number of nitrogens with one attached hydrogen (secondary N) is 2. The quantitative estimate of drug-likeness (QED) is 0.279. The molecule has 2 atom stereocenters. The Bertz CT molecular complexity index is 1310. The molecule has 3 amide bonds. The van der Waals surface area contributed by atoms with E-state index in [2.05, 4.69) is 25.5 Å². The van der Waals surface area contributed by atoms with Crippen LogP contribution in [0.3, 0.4) is 0 Å². The number of pyridine rings is 1. The summed E-state index contributed by atoms with van der Waals surface area (Å²) in [6.07, 6.45) is 12.2. The standard InChI is InChI=1S/C29H38N6O5S/c1-41(39,40)13-12-31-25-14-18(6-10-24(25)27(30)36)28(37)34-21-15-22-8-9-23(16-21)35(22)26-11-7-19(17-32-26)29(38)33-20-4-2-3-5-20/h6-7,10-12,14,17,20-23,39-40H,2-5,8-9,13,15-16H2,1H3,(H2,30,36)(H,33,38)(H,34,37). The minimum atomic E-state index is -2.78. The van der Waals surface area contributed by atoms with Crippen molar-refractivity contribution in [2.45, 2.75) is 75.5 Å². The monoisotopic (exact) mass is 582 g/mol. The molecule has 2 unspecified atom stereocenters. The molecule has 6 N–H and O–H groups in total. The number of anilines is 1. The number of aromatic nitrogens is 1. The van der Waals surface area contributed by atoms with Crippen molar-refractivity contribution in [1.82, 2.24) is 15.6 Å². The van der Waals surface area contributed by atoms with E-state index in [1.807, 2.05) is 12.1 Å². The number of rotatable bonds is 9. The van der Waals surface area contributed by atoms with E-state index in [0.29, 0.717) is 11.1 Å². The third kappa shape index (κ3) is 7.06. The number of fused-ring (bicyclic) bond motifs is 2. The van der Waals surface area contributed by atoms with Gasteiger partial charge >= 0.3 is 0 Å². The summed E-state index contributed by atoms with van der Waals surface area (Å²) < 4.78 is 19.2. The Labute approximate surface area is 241 Å². The van der Waals surface area contributed by atoms with Gasteiger partial charge in [0.2, 0.25) is 0 Å². The molecular formula is C29H38N6O5S. The van der Waals surface area contributed by atoms with E-state index >= 15 is 0 Å². The van der Waals surface area contributed by atoms with Crippen LogP contribution in [0, 0.1) is 0 Å². The third-order valence-corrected chi connectivity index (χ3v) is 8.96. The second kappa shape index (κ2) is 12.2. The molecule has 3 aliphatic rings. The Kier molecular flexibility index (Phi) is 8.62. The van der Waals surface area contributed by atoms with Gasteiger partial charge in [-0.1, -0.05) is 12.8 Å². The van der Waals surface area contributed by atoms with Gasteiger partial charge < -0.3 is 21.3 Å². The van der Waals surface area contributed by atoms with Crippen molar-refractivity contribution in [3.63, 3.8) is 0 Å². The zero-order valence-electron chi connectivity index (χ0n) is 23.2. The molecule has 220 valence electrons. The van der Waals surface area contributed by atoms with Crippen molar-refractivity contribution in [3.05, 3.63) is 53.2 Å². The van der Waals surface area contributed by atoms with Crippen LogP contribution in [-0.4, -0.2) is 74.2 Å². The smallest absolute Gasteiger partial charge is 0.253 e. The molecule has 2 saturated heterocycles. The summed E-state index contributed by atoms with van der Waals surface area (Å²) >= 11 is 0. The maximum absolute atomic E-state index is 13.2. The summed E-state index contributed by atoms with van der Waals surface area (Å²) in [5, 5.41) is 6.25. The largest absolute Gasteiger partial charge is 0.366 e. The number of carbonyl (C=O) groups is 3. The molecule has 0 radical (unpaired) electrons. The van der Waals surface area contributed by atoms with Gasteiger partial charge in [-0.3, -0.25) is 28.5 Å². The Morgan fingerprint density at radius 2 is 1.63 bits per heavy atom. The molecule has 1 aliphatic carbocycles. The summed E-state index contributed by atoms with van der Waals surface area (Å²) in [6, 6.07) is 8.97. The highest BCUT2D eigenvalue weighted by molar-refractivity contribution is 8.24. The number of primary amides is 1. The van der Waals surface area contributed by atoms with E-state index in [4.69, 9.17) is 5.73 Å². The van der Waals surface area contributed by atoms with E-state index in [9.17, 15) is 23.5 Å². The van der Waals surface area contributed by atoms with Crippen LogP contribution >= 0.6 is 10.6 Å². The molecule has 5 rings (SSSR count). The predicted molar refractivity (Wildman–Crippen MR) is 160 cm³/mol. The normalized spacial score (nSPS) is 23.1. The lowest BCUT2D eigenvalue weighted by Gasteiger charge is -2.40. The first-order chi connectivity index (χ1) is 19.6. The van der Waals surface area contributed by atoms with Crippen LogP contribution in [0.2, 0.25) is 0 Å². The van der Waals surface area contributed by atoms with Gasteiger partial charge in [-0.2, -0.15) is 10.6 Å². The van der Waals surface area contributed by atoms with Gasteiger partial charge in [0.25, 0.3) is 17.7 Å². The lowest BCUT2D eigenvalue weighted by atomic mass is 9.96. The molecule has 11 nitrogen and oxygen atoms in total. The highest BCUT2D eigenvalue weighted by atomic mass is 32.3. The molecule has 2 aliphatic heterocycles. The number of hydrogen-bond acceptors (Lipinski definition) is 8. The van der Waals surface area contributed by atoms with Crippen LogP contribution in [0.1, 0.15) is 82.4 Å². The van der Waals surface area contributed by atoms with E-state index in [0.717, 1.165) is 57.2 Å². The average Bonchev–Trinajstić information content (AvgIpc) is 3.53. The highest BCUT2D eigenvalue weighted by Gasteiger charge is 2.42. The minimum Gasteiger partial charge on any atom is -0.366 e. The first-order valence-corrected chi connectivity index (χ1v) is 16.2. The summed E-state index contributed by atoms with van der Waals surface area (Å²) in [7, 11) is -2.78. The van der Waals surface area contributed by atoms with Gasteiger partial charge in [0, 0.05) is 48.4 Å². The maximum atomic E-state index is 13.2. The fourth-order valence-electron chi connectivity index (χ4n) is 6.21. The number of nitrogens with zero attached hydrogens (tertiary/aromatic N) is 3. The summed E-state index contributed by atoms with van der Waals surface area (Å²) in [4.78, 5) is 48.8. The topological polar surface area (TPSA) is 170 Å². The van der Waals surface area contributed by atoms with E-state index in [-0.39, 0.29) is 53.0 Å². The van der Waals surface area contributed by atoms with Gasteiger partial charge in [0.05, 0.1) is 22.6 Å². The summed E-state index contributed by atoms with van der Waals surface area (Å²) in [6.45, 7) is 0. The Morgan fingerprint density at radius 3 is 2.24 bits per heavy atom. The lowest BCUT2D eigenvalue weighted by molar-refractivity contribution is 0.0922. The van der Waals surface area contributed by atoms with E-state index in [1.54, 1.807) is 12.3 Å².